The maximum absolute atomic E-state index is 12.4. The van der Waals surface area contributed by atoms with E-state index in [-0.39, 0.29) is 17.7 Å². The number of pyridine rings is 1. The highest BCUT2D eigenvalue weighted by Gasteiger charge is 2.15. The van der Waals surface area contributed by atoms with Gasteiger partial charge in [-0.25, -0.2) is 4.98 Å². The molecule has 0 saturated carbocycles. The molecule has 2 aromatic rings. The van der Waals surface area contributed by atoms with Crippen molar-refractivity contribution in [2.45, 2.75) is 13.8 Å². The summed E-state index contributed by atoms with van der Waals surface area (Å²) in [6.45, 7) is 4.31. The van der Waals surface area contributed by atoms with Crippen LogP contribution < -0.4 is 10.2 Å². The number of nitrogens with zero attached hydrogens (tertiary/aromatic N) is 2. The van der Waals surface area contributed by atoms with Crippen LogP contribution in [0.1, 0.15) is 21.6 Å². The zero-order valence-electron chi connectivity index (χ0n) is 13.4. The predicted molar refractivity (Wildman–Crippen MR) is 93.5 cm³/mol. The number of aryl methyl sites for hydroxylation is 2. The van der Waals surface area contributed by atoms with E-state index in [1.807, 2.05) is 56.1 Å². The molecule has 1 heterocycles. The van der Waals surface area contributed by atoms with E-state index in [4.69, 9.17) is 16.7 Å². The molecule has 0 spiro atoms. The van der Waals surface area contributed by atoms with Gasteiger partial charge in [-0.2, -0.15) is 0 Å². The first-order valence-corrected chi connectivity index (χ1v) is 7.67. The Hall–Kier alpha value is -2.11. The molecule has 0 bridgehead atoms. The first-order valence-electron chi connectivity index (χ1n) is 7.29. The molecular formula is C17H20ClN3O2. The van der Waals surface area contributed by atoms with Crippen molar-refractivity contribution in [3.8, 4) is 0 Å². The summed E-state index contributed by atoms with van der Waals surface area (Å²) >= 11 is 6.10. The molecule has 1 aromatic carbocycles. The van der Waals surface area contributed by atoms with E-state index >= 15 is 0 Å². The highest BCUT2D eigenvalue weighted by molar-refractivity contribution is 6.33. The molecule has 5 nitrogen and oxygen atoms in total. The number of aromatic nitrogens is 1. The summed E-state index contributed by atoms with van der Waals surface area (Å²) in [4.78, 5) is 18.5. The Morgan fingerprint density at radius 1 is 1.30 bits per heavy atom. The highest BCUT2D eigenvalue weighted by atomic mass is 35.5. The SMILES string of the molecule is Cc1cc(C)c(C(=O)Nc2ccc(N(C)CCO)cc2)c(Cl)n1. The van der Waals surface area contributed by atoms with E-state index in [2.05, 4.69) is 10.3 Å². The van der Waals surface area contributed by atoms with Crippen molar-refractivity contribution in [3.05, 3.63) is 52.3 Å². The maximum Gasteiger partial charge on any atom is 0.259 e. The van der Waals surface area contributed by atoms with Crippen molar-refractivity contribution in [2.75, 3.05) is 30.4 Å². The Morgan fingerprint density at radius 2 is 1.96 bits per heavy atom. The highest BCUT2D eigenvalue weighted by Crippen LogP contribution is 2.22. The molecule has 122 valence electrons. The molecule has 0 atom stereocenters. The lowest BCUT2D eigenvalue weighted by Gasteiger charge is -2.18. The molecule has 2 N–H and O–H groups in total. The number of halogens is 1. The molecule has 0 aliphatic heterocycles. The normalized spacial score (nSPS) is 10.5. The number of carbonyl (C=O) groups excluding carboxylic acids is 1. The van der Waals surface area contributed by atoms with E-state index in [0.29, 0.717) is 17.8 Å². The van der Waals surface area contributed by atoms with Gasteiger partial charge < -0.3 is 15.3 Å². The van der Waals surface area contributed by atoms with Crippen LogP contribution in [0.25, 0.3) is 0 Å². The van der Waals surface area contributed by atoms with Crippen LogP contribution in [0.3, 0.4) is 0 Å². The topological polar surface area (TPSA) is 65.5 Å². The van der Waals surface area contributed by atoms with Gasteiger partial charge in [-0.1, -0.05) is 11.6 Å². The molecule has 1 aromatic heterocycles. The van der Waals surface area contributed by atoms with Crippen molar-refractivity contribution < 1.29 is 9.90 Å². The summed E-state index contributed by atoms with van der Waals surface area (Å²) in [5.41, 5.74) is 3.59. The molecule has 0 aliphatic rings. The van der Waals surface area contributed by atoms with Gasteiger partial charge in [0.25, 0.3) is 5.91 Å². The summed E-state index contributed by atoms with van der Waals surface area (Å²) in [6, 6.07) is 9.21. The Bertz CT molecular complexity index is 678. The van der Waals surface area contributed by atoms with Crippen molar-refractivity contribution in [1.29, 1.82) is 0 Å². The predicted octanol–water partition coefficient (Wildman–Crippen LogP) is 3.03. The Morgan fingerprint density at radius 3 is 2.52 bits per heavy atom. The number of anilines is 2. The first-order chi connectivity index (χ1) is 10.9. The van der Waals surface area contributed by atoms with Crippen LogP contribution in [0.15, 0.2) is 30.3 Å². The minimum atomic E-state index is -0.281. The van der Waals surface area contributed by atoms with Gasteiger partial charge >= 0.3 is 0 Å². The third-order valence-electron chi connectivity index (χ3n) is 3.53. The second-order valence-electron chi connectivity index (χ2n) is 5.39. The zero-order chi connectivity index (χ0) is 17.0. The van der Waals surface area contributed by atoms with Crippen molar-refractivity contribution in [3.63, 3.8) is 0 Å². The smallest absolute Gasteiger partial charge is 0.259 e. The second-order valence-corrected chi connectivity index (χ2v) is 5.75. The number of hydrogen-bond donors (Lipinski definition) is 2. The Labute approximate surface area is 140 Å². The van der Waals surface area contributed by atoms with Crippen LogP contribution in [0.5, 0.6) is 0 Å². The molecular weight excluding hydrogens is 314 g/mol. The van der Waals surface area contributed by atoms with Crippen LogP contribution in [0, 0.1) is 13.8 Å². The summed E-state index contributed by atoms with van der Waals surface area (Å²) in [5, 5.41) is 12.0. The number of nitrogens with one attached hydrogen (secondary N) is 1. The average molecular weight is 334 g/mol. The first kappa shape index (κ1) is 17.2. The largest absolute Gasteiger partial charge is 0.395 e. The number of carbonyl (C=O) groups is 1. The average Bonchev–Trinajstić information content (AvgIpc) is 2.47. The lowest BCUT2D eigenvalue weighted by atomic mass is 10.1. The second kappa shape index (κ2) is 7.44. The van der Waals surface area contributed by atoms with Gasteiger partial charge in [0.2, 0.25) is 0 Å². The minimum absolute atomic E-state index is 0.0905. The molecule has 0 saturated heterocycles. The van der Waals surface area contributed by atoms with Gasteiger partial charge in [0.15, 0.2) is 0 Å². The Balaban J connectivity index is 2.15. The third-order valence-corrected chi connectivity index (χ3v) is 3.80. The third kappa shape index (κ3) is 4.21. The lowest BCUT2D eigenvalue weighted by molar-refractivity contribution is 0.102. The molecule has 23 heavy (non-hydrogen) atoms. The van der Waals surface area contributed by atoms with E-state index in [0.717, 1.165) is 16.9 Å². The number of aliphatic hydroxyl groups is 1. The van der Waals surface area contributed by atoms with E-state index < -0.39 is 0 Å². The molecule has 0 aliphatic carbocycles. The van der Waals surface area contributed by atoms with Crippen LogP contribution >= 0.6 is 11.6 Å². The van der Waals surface area contributed by atoms with Crippen LogP contribution in [0.2, 0.25) is 5.15 Å². The zero-order valence-corrected chi connectivity index (χ0v) is 14.2. The minimum Gasteiger partial charge on any atom is -0.395 e. The molecule has 1 amide bonds. The van der Waals surface area contributed by atoms with Crippen LogP contribution in [-0.4, -0.2) is 36.2 Å². The lowest BCUT2D eigenvalue weighted by Crippen LogP contribution is -2.21. The number of hydrogen-bond acceptors (Lipinski definition) is 4. The summed E-state index contributed by atoms with van der Waals surface area (Å²) in [6.07, 6.45) is 0. The standard InChI is InChI=1S/C17H20ClN3O2/c1-11-10-12(2)19-16(18)15(11)17(23)20-13-4-6-14(7-5-13)21(3)8-9-22/h4-7,10,22H,8-9H2,1-3H3,(H,20,23). The quantitative estimate of drug-likeness (QED) is 0.825. The fourth-order valence-corrected chi connectivity index (χ4v) is 2.70. The van der Waals surface area contributed by atoms with Gasteiger partial charge in [0, 0.05) is 30.7 Å². The molecule has 0 radical (unpaired) electrons. The number of amides is 1. The molecule has 0 unspecified atom stereocenters. The molecule has 0 fully saturated rings. The summed E-state index contributed by atoms with van der Waals surface area (Å²) in [5.74, 6) is -0.281. The van der Waals surface area contributed by atoms with Gasteiger partial charge in [-0.3, -0.25) is 4.79 Å². The van der Waals surface area contributed by atoms with Crippen molar-refractivity contribution >= 4 is 28.9 Å². The monoisotopic (exact) mass is 333 g/mol. The van der Waals surface area contributed by atoms with Gasteiger partial charge in [-0.05, 0) is 49.7 Å². The summed E-state index contributed by atoms with van der Waals surface area (Å²) in [7, 11) is 1.89. The van der Waals surface area contributed by atoms with Crippen LogP contribution in [0.4, 0.5) is 11.4 Å². The number of likely N-dealkylation sites (N-methyl/N-ethyl adjacent to an activating group) is 1. The molecule has 6 heteroatoms. The van der Waals surface area contributed by atoms with Gasteiger partial charge in [-0.15, -0.1) is 0 Å². The van der Waals surface area contributed by atoms with Crippen LogP contribution in [-0.2, 0) is 0 Å². The van der Waals surface area contributed by atoms with Crippen molar-refractivity contribution in [2.24, 2.45) is 0 Å². The van der Waals surface area contributed by atoms with E-state index in [9.17, 15) is 4.79 Å². The van der Waals surface area contributed by atoms with E-state index in [1.54, 1.807) is 0 Å². The van der Waals surface area contributed by atoms with Gasteiger partial charge in [0.05, 0.1) is 12.2 Å². The fraction of sp³-hybridized carbons (Fsp3) is 0.294. The van der Waals surface area contributed by atoms with E-state index in [1.165, 1.54) is 0 Å². The Kier molecular flexibility index (Phi) is 5.58. The maximum atomic E-state index is 12.4. The van der Waals surface area contributed by atoms with Gasteiger partial charge in [0.1, 0.15) is 5.15 Å². The molecule has 2 rings (SSSR count). The number of aliphatic hydroxyl groups excluding tert-OH is 1. The number of benzene rings is 1. The fourth-order valence-electron chi connectivity index (χ4n) is 2.34. The number of rotatable bonds is 5. The summed E-state index contributed by atoms with van der Waals surface area (Å²) < 4.78 is 0. The van der Waals surface area contributed by atoms with Crippen molar-refractivity contribution in [1.82, 2.24) is 4.98 Å².